The topological polar surface area (TPSA) is 58.2 Å². The van der Waals surface area contributed by atoms with Crippen LogP contribution in [0.15, 0.2) is 18.2 Å². The van der Waals surface area contributed by atoms with Gasteiger partial charge in [-0.15, -0.1) is 0 Å². The van der Waals surface area contributed by atoms with Crippen molar-refractivity contribution in [3.8, 4) is 0 Å². The molecule has 1 heterocycles. The highest BCUT2D eigenvalue weighted by Crippen LogP contribution is 2.17. The van der Waals surface area contributed by atoms with Crippen LogP contribution in [0.1, 0.15) is 18.4 Å². The minimum absolute atomic E-state index is 0.0272. The number of hydrogen-bond acceptors (Lipinski definition) is 2. The highest BCUT2D eigenvalue weighted by molar-refractivity contribution is 5.94. The molecule has 0 aromatic heterocycles. The summed E-state index contributed by atoms with van der Waals surface area (Å²) in [5.74, 6) is -0.825. The fourth-order valence-corrected chi connectivity index (χ4v) is 2.01. The number of anilines is 1. The van der Waals surface area contributed by atoms with Crippen molar-refractivity contribution in [1.29, 1.82) is 0 Å². The smallest absolute Gasteiger partial charge is 0.229 e. The number of benzene rings is 1. The van der Waals surface area contributed by atoms with E-state index in [2.05, 4.69) is 10.6 Å². The van der Waals surface area contributed by atoms with Gasteiger partial charge in [0.2, 0.25) is 11.8 Å². The Bertz CT molecular complexity index is 458. The Balaban J connectivity index is 2.00. The maximum absolute atomic E-state index is 13.2. The zero-order valence-electron chi connectivity index (χ0n) is 10.1. The summed E-state index contributed by atoms with van der Waals surface area (Å²) in [7, 11) is 0. The van der Waals surface area contributed by atoms with Gasteiger partial charge in [-0.25, -0.2) is 4.39 Å². The second-order valence-corrected chi connectivity index (χ2v) is 4.55. The average molecular weight is 250 g/mol. The molecule has 1 aromatic rings. The summed E-state index contributed by atoms with van der Waals surface area (Å²) in [4.78, 5) is 22.9. The van der Waals surface area contributed by atoms with Crippen molar-refractivity contribution in [3.05, 3.63) is 29.6 Å². The van der Waals surface area contributed by atoms with Gasteiger partial charge in [0.15, 0.2) is 0 Å². The number of amides is 2. The minimum Gasteiger partial charge on any atom is -0.355 e. The Hall–Kier alpha value is -1.91. The lowest BCUT2D eigenvalue weighted by molar-refractivity contribution is -0.126. The molecule has 1 fully saturated rings. The predicted molar refractivity (Wildman–Crippen MR) is 65.5 cm³/mol. The average Bonchev–Trinajstić information content (AvgIpc) is 2.28. The highest BCUT2D eigenvalue weighted by Gasteiger charge is 2.24. The second kappa shape index (κ2) is 5.16. The summed E-state index contributed by atoms with van der Waals surface area (Å²) in [6, 6.07) is 4.39. The third-order valence-electron chi connectivity index (χ3n) is 2.95. The summed E-state index contributed by atoms with van der Waals surface area (Å²) in [5.41, 5.74) is 1.21. The van der Waals surface area contributed by atoms with Crippen LogP contribution in [0.3, 0.4) is 0 Å². The monoisotopic (exact) mass is 250 g/mol. The largest absolute Gasteiger partial charge is 0.355 e. The molecular weight excluding hydrogens is 235 g/mol. The molecule has 96 valence electrons. The fourth-order valence-electron chi connectivity index (χ4n) is 2.01. The predicted octanol–water partition coefficient (Wildman–Crippen LogP) is 1.60. The first-order valence-electron chi connectivity index (χ1n) is 5.89. The van der Waals surface area contributed by atoms with E-state index in [1.165, 1.54) is 12.1 Å². The molecule has 1 atom stereocenters. The molecule has 5 heteroatoms. The quantitative estimate of drug-likeness (QED) is 0.837. The highest BCUT2D eigenvalue weighted by atomic mass is 19.1. The number of halogens is 1. The van der Waals surface area contributed by atoms with Crippen molar-refractivity contribution in [3.63, 3.8) is 0 Å². The van der Waals surface area contributed by atoms with Crippen LogP contribution in [-0.4, -0.2) is 18.4 Å². The minimum atomic E-state index is -0.373. The number of carbonyl (C=O) groups excluding carboxylic acids is 2. The molecule has 1 aliphatic heterocycles. The van der Waals surface area contributed by atoms with Crippen molar-refractivity contribution in [2.24, 2.45) is 5.92 Å². The van der Waals surface area contributed by atoms with Crippen LogP contribution in [0.2, 0.25) is 0 Å². The van der Waals surface area contributed by atoms with E-state index in [9.17, 15) is 14.0 Å². The van der Waals surface area contributed by atoms with Crippen LogP contribution in [0.25, 0.3) is 0 Å². The van der Waals surface area contributed by atoms with Crippen LogP contribution < -0.4 is 10.6 Å². The zero-order valence-corrected chi connectivity index (χ0v) is 10.1. The Morgan fingerprint density at radius 1 is 1.44 bits per heavy atom. The summed E-state index contributed by atoms with van der Waals surface area (Å²) < 4.78 is 13.2. The number of rotatable bonds is 2. The van der Waals surface area contributed by atoms with Crippen molar-refractivity contribution >= 4 is 17.5 Å². The van der Waals surface area contributed by atoms with Gasteiger partial charge in [0, 0.05) is 18.7 Å². The van der Waals surface area contributed by atoms with Gasteiger partial charge in [-0.3, -0.25) is 9.59 Å². The third kappa shape index (κ3) is 3.06. The van der Waals surface area contributed by atoms with Gasteiger partial charge in [0.1, 0.15) is 5.82 Å². The summed E-state index contributed by atoms with van der Waals surface area (Å²) in [5, 5.41) is 5.33. The first-order chi connectivity index (χ1) is 8.54. The van der Waals surface area contributed by atoms with Crippen LogP contribution in [0, 0.1) is 18.7 Å². The van der Waals surface area contributed by atoms with Gasteiger partial charge in [-0.05, 0) is 37.1 Å². The molecule has 0 saturated carbocycles. The molecule has 2 N–H and O–H groups in total. The van der Waals surface area contributed by atoms with Crippen molar-refractivity contribution in [2.45, 2.75) is 19.8 Å². The molecule has 1 unspecified atom stereocenters. The van der Waals surface area contributed by atoms with Crippen molar-refractivity contribution in [2.75, 3.05) is 11.9 Å². The summed E-state index contributed by atoms with van der Waals surface area (Å²) in [6.45, 7) is 2.11. The molecule has 0 bridgehead atoms. The van der Waals surface area contributed by atoms with E-state index < -0.39 is 0 Å². The standard InChI is InChI=1S/C13H15FN2O2/c1-8-4-10(14)6-11(5-8)16-13(18)9-2-3-12(17)15-7-9/h4-6,9H,2-3,7H2,1H3,(H,15,17)(H,16,18). The van der Waals surface area contributed by atoms with E-state index in [4.69, 9.17) is 0 Å². The lowest BCUT2D eigenvalue weighted by atomic mass is 9.98. The van der Waals surface area contributed by atoms with Crippen LogP contribution in [-0.2, 0) is 9.59 Å². The summed E-state index contributed by atoms with van der Waals surface area (Å²) >= 11 is 0. The normalized spacial score (nSPS) is 19.2. The number of hydrogen-bond donors (Lipinski definition) is 2. The maximum atomic E-state index is 13.2. The number of carbonyl (C=O) groups is 2. The number of nitrogens with one attached hydrogen (secondary N) is 2. The molecule has 18 heavy (non-hydrogen) atoms. The Morgan fingerprint density at radius 2 is 2.22 bits per heavy atom. The lowest BCUT2D eigenvalue weighted by Gasteiger charge is -2.21. The first kappa shape index (κ1) is 12.5. The molecule has 1 aromatic carbocycles. The second-order valence-electron chi connectivity index (χ2n) is 4.55. The lowest BCUT2D eigenvalue weighted by Crippen LogP contribution is -2.40. The zero-order chi connectivity index (χ0) is 13.1. The Kier molecular flexibility index (Phi) is 3.60. The van der Waals surface area contributed by atoms with E-state index in [-0.39, 0.29) is 23.5 Å². The fraction of sp³-hybridized carbons (Fsp3) is 0.385. The van der Waals surface area contributed by atoms with Crippen LogP contribution >= 0.6 is 0 Å². The molecule has 1 aliphatic rings. The van der Waals surface area contributed by atoms with Crippen molar-refractivity contribution in [1.82, 2.24) is 5.32 Å². The molecule has 2 amide bonds. The third-order valence-corrected chi connectivity index (χ3v) is 2.95. The Morgan fingerprint density at radius 3 is 2.83 bits per heavy atom. The maximum Gasteiger partial charge on any atom is 0.229 e. The molecule has 4 nitrogen and oxygen atoms in total. The van der Waals surface area contributed by atoms with Crippen LogP contribution in [0.4, 0.5) is 10.1 Å². The van der Waals surface area contributed by atoms with E-state index in [0.29, 0.717) is 25.1 Å². The molecule has 0 spiro atoms. The van der Waals surface area contributed by atoms with Gasteiger partial charge in [0.25, 0.3) is 0 Å². The first-order valence-corrected chi connectivity index (χ1v) is 5.89. The van der Waals surface area contributed by atoms with E-state index in [1.54, 1.807) is 13.0 Å². The van der Waals surface area contributed by atoms with Crippen LogP contribution in [0.5, 0.6) is 0 Å². The van der Waals surface area contributed by atoms with E-state index in [1.807, 2.05) is 0 Å². The van der Waals surface area contributed by atoms with Gasteiger partial charge < -0.3 is 10.6 Å². The SMILES string of the molecule is Cc1cc(F)cc(NC(=O)C2CCC(=O)NC2)c1. The van der Waals surface area contributed by atoms with Gasteiger partial charge in [-0.2, -0.15) is 0 Å². The summed E-state index contributed by atoms with van der Waals surface area (Å²) in [6.07, 6.45) is 0.895. The van der Waals surface area contributed by atoms with Gasteiger partial charge in [-0.1, -0.05) is 0 Å². The molecule has 1 saturated heterocycles. The van der Waals surface area contributed by atoms with Gasteiger partial charge in [0.05, 0.1) is 5.92 Å². The van der Waals surface area contributed by atoms with Crippen molar-refractivity contribution < 1.29 is 14.0 Å². The molecular formula is C13H15FN2O2. The molecule has 0 radical (unpaired) electrons. The molecule has 0 aliphatic carbocycles. The molecule has 2 rings (SSSR count). The number of piperidine rings is 1. The van der Waals surface area contributed by atoms with E-state index >= 15 is 0 Å². The van der Waals surface area contributed by atoms with E-state index in [0.717, 1.165) is 5.56 Å². The number of aryl methyl sites for hydroxylation is 1. The van der Waals surface area contributed by atoms with Gasteiger partial charge >= 0.3 is 0 Å². The Labute approximate surface area is 105 Å².